The van der Waals surface area contributed by atoms with Crippen molar-refractivity contribution in [3.63, 3.8) is 0 Å². The lowest BCUT2D eigenvalue weighted by atomic mass is 10.2. The zero-order valence-electron chi connectivity index (χ0n) is 8.49. The van der Waals surface area contributed by atoms with E-state index in [-0.39, 0.29) is 17.8 Å². The number of hydrogen-bond acceptors (Lipinski definition) is 3. The molecule has 0 aliphatic heterocycles. The van der Waals surface area contributed by atoms with Gasteiger partial charge in [0, 0.05) is 6.54 Å². The molecule has 1 rings (SSSR count). The Hall–Kier alpha value is -1.65. The molecular formula is C9H10FN3O2S. The second kappa shape index (κ2) is 4.92. The van der Waals surface area contributed by atoms with Gasteiger partial charge in [0.1, 0.15) is 17.4 Å². The highest BCUT2D eigenvalue weighted by molar-refractivity contribution is 7.90. The highest BCUT2D eigenvalue weighted by atomic mass is 32.2. The Labute approximate surface area is 93.1 Å². The summed E-state index contributed by atoms with van der Waals surface area (Å²) in [4.78, 5) is 0. The first kappa shape index (κ1) is 12.4. The van der Waals surface area contributed by atoms with Crippen LogP contribution in [-0.4, -0.2) is 15.0 Å². The minimum absolute atomic E-state index is 0.0801. The predicted octanol–water partition coefficient (Wildman–Crippen LogP) is 0.964. The number of nitrogens with zero attached hydrogens (tertiary/aromatic N) is 1. The maximum Gasteiger partial charge on any atom is 0.299 e. The maximum atomic E-state index is 13.1. The Morgan fingerprint density at radius 2 is 2.19 bits per heavy atom. The second-order valence-corrected chi connectivity index (χ2v) is 4.38. The van der Waals surface area contributed by atoms with Gasteiger partial charge in [-0.3, -0.25) is 4.72 Å². The third kappa shape index (κ3) is 2.92. The molecule has 0 amide bonds. The van der Waals surface area contributed by atoms with Crippen LogP contribution < -0.4 is 9.44 Å². The van der Waals surface area contributed by atoms with E-state index in [1.165, 1.54) is 12.1 Å². The van der Waals surface area contributed by atoms with Crippen molar-refractivity contribution in [2.24, 2.45) is 0 Å². The summed E-state index contributed by atoms with van der Waals surface area (Å²) in [6.45, 7) is 1.81. The number of hydrogen-bond donors (Lipinski definition) is 2. The SMILES string of the molecule is CCNS(=O)(=O)Nc1cccc(F)c1C#N. The lowest BCUT2D eigenvalue weighted by molar-refractivity contribution is 0.589. The molecular weight excluding hydrogens is 233 g/mol. The minimum atomic E-state index is -3.75. The summed E-state index contributed by atoms with van der Waals surface area (Å²) in [5, 5.41) is 8.68. The number of halogens is 1. The smallest absolute Gasteiger partial charge is 0.270 e. The molecule has 0 fully saturated rings. The van der Waals surface area contributed by atoms with Gasteiger partial charge in [-0.15, -0.1) is 0 Å². The molecule has 1 aromatic rings. The zero-order valence-corrected chi connectivity index (χ0v) is 9.31. The largest absolute Gasteiger partial charge is 0.299 e. The van der Waals surface area contributed by atoms with Gasteiger partial charge in [0.15, 0.2) is 0 Å². The standard InChI is InChI=1S/C9H10FN3O2S/c1-2-12-16(14,15)13-9-5-3-4-8(10)7(9)6-11/h3-5,12-13H,2H2,1H3. The van der Waals surface area contributed by atoms with Gasteiger partial charge < -0.3 is 0 Å². The lowest BCUT2D eigenvalue weighted by Crippen LogP contribution is -2.30. The molecule has 1 aromatic carbocycles. The van der Waals surface area contributed by atoms with Crippen LogP contribution in [0.15, 0.2) is 18.2 Å². The third-order valence-corrected chi connectivity index (χ3v) is 2.86. The van der Waals surface area contributed by atoms with E-state index in [9.17, 15) is 12.8 Å². The van der Waals surface area contributed by atoms with Crippen molar-refractivity contribution in [2.75, 3.05) is 11.3 Å². The van der Waals surface area contributed by atoms with Crippen LogP contribution in [0.1, 0.15) is 12.5 Å². The van der Waals surface area contributed by atoms with Gasteiger partial charge in [0.05, 0.1) is 5.69 Å². The number of benzene rings is 1. The molecule has 0 radical (unpaired) electrons. The molecule has 0 spiro atoms. The van der Waals surface area contributed by atoms with Crippen molar-refractivity contribution in [2.45, 2.75) is 6.92 Å². The number of anilines is 1. The van der Waals surface area contributed by atoms with Crippen LogP contribution in [0.3, 0.4) is 0 Å². The quantitative estimate of drug-likeness (QED) is 0.826. The van der Waals surface area contributed by atoms with Gasteiger partial charge in [-0.05, 0) is 12.1 Å². The maximum absolute atomic E-state index is 13.1. The number of nitriles is 1. The van der Waals surface area contributed by atoms with Gasteiger partial charge in [-0.25, -0.2) is 4.39 Å². The van der Waals surface area contributed by atoms with E-state index in [0.717, 1.165) is 6.07 Å². The summed E-state index contributed by atoms with van der Waals surface area (Å²) in [7, 11) is -3.75. The Balaban J connectivity index is 3.08. The normalized spacial score (nSPS) is 10.8. The summed E-state index contributed by atoms with van der Waals surface area (Å²) < 4.78 is 40.0. The van der Waals surface area contributed by atoms with E-state index in [1.807, 2.05) is 0 Å². The minimum Gasteiger partial charge on any atom is -0.270 e. The molecule has 2 N–H and O–H groups in total. The molecule has 0 aliphatic carbocycles. The highest BCUT2D eigenvalue weighted by Crippen LogP contribution is 2.18. The molecule has 0 heterocycles. The van der Waals surface area contributed by atoms with E-state index >= 15 is 0 Å². The van der Waals surface area contributed by atoms with Gasteiger partial charge in [0.25, 0.3) is 10.2 Å². The Kier molecular flexibility index (Phi) is 3.82. The lowest BCUT2D eigenvalue weighted by Gasteiger charge is -2.09. The van der Waals surface area contributed by atoms with E-state index < -0.39 is 16.0 Å². The van der Waals surface area contributed by atoms with Crippen LogP contribution in [0.2, 0.25) is 0 Å². The van der Waals surface area contributed by atoms with Gasteiger partial charge in [-0.1, -0.05) is 13.0 Å². The van der Waals surface area contributed by atoms with E-state index in [2.05, 4.69) is 9.44 Å². The van der Waals surface area contributed by atoms with Crippen molar-refractivity contribution in [1.82, 2.24) is 4.72 Å². The summed E-state index contributed by atoms with van der Waals surface area (Å²) in [5.41, 5.74) is -0.410. The molecule has 0 unspecified atom stereocenters. The zero-order chi connectivity index (χ0) is 12.2. The summed E-state index contributed by atoms with van der Waals surface area (Å²) in [6.07, 6.45) is 0. The number of rotatable bonds is 4. The topological polar surface area (TPSA) is 82.0 Å². The summed E-state index contributed by atoms with van der Waals surface area (Å²) in [6, 6.07) is 5.32. The first-order valence-corrected chi connectivity index (χ1v) is 5.94. The Morgan fingerprint density at radius 3 is 2.75 bits per heavy atom. The summed E-state index contributed by atoms with van der Waals surface area (Å²) in [5.74, 6) is -0.765. The fraction of sp³-hybridized carbons (Fsp3) is 0.222. The van der Waals surface area contributed by atoms with E-state index in [0.29, 0.717) is 0 Å². The van der Waals surface area contributed by atoms with Crippen molar-refractivity contribution in [3.8, 4) is 6.07 Å². The monoisotopic (exact) mass is 243 g/mol. The van der Waals surface area contributed by atoms with Gasteiger partial charge in [-0.2, -0.15) is 18.4 Å². The van der Waals surface area contributed by atoms with Crippen LogP contribution in [0.25, 0.3) is 0 Å². The number of nitrogens with one attached hydrogen (secondary N) is 2. The van der Waals surface area contributed by atoms with Crippen molar-refractivity contribution < 1.29 is 12.8 Å². The van der Waals surface area contributed by atoms with Crippen LogP contribution in [0.4, 0.5) is 10.1 Å². The van der Waals surface area contributed by atoms with E-state index in [4.69, 9.17) is 5.26 Å². The second-order valence-electron chi connectivity index (χ2n) is 2.88. The molecule has 16 heavy (non-hydrogen) atoms. The molecule has 0 saturated carbocycles. The van der Waals surface area contributed by atoms with Gasteiger partial charge >= 0.3 is 0 Å². The third-order valence-electron chi connectivity index (χ3n) is 1.70. The van der Waals surface area contributed by atoms with Crippen molar-refractivity contribution in [3.05, 3.63) is 29.6 Å². The molecule has 0 bridgehead atoms. The van der Waals surface area contributed by atoms with Crippen LogP contribution >= 0.6 is 0 Å². The van der Waals surface area contributed by atoms with Gasteiger partial charge in [0.2, 0.25) is 0 Å². The molecule has 0 aliphatic rings. The highest BCUT2D eigenvalue weighted by Gasteiger charge is 2.13. The van der Waals surface area contributed by atoms with Crippen molar-refractivity contribution in [1.29, 1.82) is 5.26 Å². The molecule has 5 nitrogen and oxygen atoms in total. The molecule has 0 aromatic heterocycles. The molecule has 0 atom stereocenters. The molecule has 86 valence electrons. The first-order chi connectivity index (χ1) is 7.50. The average molecular weight is 243 g/mol. The molecule has 7 heteroatoms. The van der Waals surface area contributed by atoms with Crippen LogP contribution in [0.5, 0.6) is 0 Å². The van der Waals surface area contributed by atoms with E-state index in [1.54, 1.807) is 13.0 Å². The van der Waals surface area contributed by atoms with Crippen LogP contribution in [0, 0.1) is 17.1 Å². The fourth-order valence-corrected chi connectivity index (χ4v) is 2.01. The first-order valence-electron chi connectivity index (χ1n) is 4.46. The van der Waals surface area contributed by atoms with Crippen molar-refractivity contribution >= 4 is 15.9 Å². The predicted molar refractivity (Wildman–Crippen MR) is 57.3 cm³/mol. The Bertz CT molecular complexity index is 522. The average Bonchev–Trinajstić information content (AvgIpc) is 2.17. The Morgan fingerprint density at radius 1 is 1.50 bits per heavy atom. The fourth-order valence-electron chi connectivity index (χ4n) is 1.09. The summed E-state index contributed by atoms with van der Waals surface area (Å²) >= 11 is 0. The van der Waals surface area contributed by atoms with Crippen LogP contribution in [-0.2, 0) is 10.2 Å². The molecule has 0 saturated heterocycles.